The number of carbonyl (C=O) groups excluding carboxylic acids is 1. The molecule has 0 rings (SSSR count). The summed E-state index contributed by atoms with van der Waals surface area (Å²) in [7, 11) is -3.67. The lowest BCUT2D eigenvalue weighted by Gasteiger charge is -2.26. The fraction of sp³-hybridized carbons (Fsp3) is 0.727. The molecule has 24 heavy (non-hydrogen) atoms. The Bertz CT molecular complexity index is 500. The Labute approximate surface area is 134 Å². The van der Waals surface area contributed by atoms with Crippen molar-refractivity contribution in [1.29, 1.82) is 0 Å². The van der Waals surface area contributed by atoms with Gasteiger partial charge in [0.25, 0.3) is 10.1 Å². The van der Waals surface area contributed by atoms with Gasteiger partial charge in [0.15, 0.2) is 0 Å². The largest absolute Gasteiger partial charge is 0.467 e. The highest BCUT2D eigenvalue weighted by molar-refractivity contribution is 7.85. The molecule has 13 heteroatoms. The van der Waals surface area contributed by atoms with E-state index in [0.717, 1.165) is 0 Å². The van der Waals surface area contributed by atoms with Crippen LogP contribution in [0, 0.1) is 0 Å². The van der Waals surface area contributed by atoms with Crippen LogP contribution in [0.2, 0.25) is 0 Å². The van der Waals surface area contributed by atoms with Crippen LogP contribution < -0.4 is 0 Å². The normalized spacial score (nSPS) is 12.4. The van der Waals surface area contributed by atoms with E-state index < -0.39 is 46.7 Å². The van der Waals surface area contributed by atoms with E-state index in [-0.39, 0.29) is 11.3 Å². The van der Waals surface area contributed by atoms with Gasteiger partial charge in [-0.1, -0.05) is 13.5 Å². The van der Waals surface area contributed by atoms with Gasteiger partial charge < -0.3 is 4.74 Å². The second kappa shape index (κ2) is 9.84. The van der Waals surface area contributed by atoms with Crippen molar-refractivity contribution in [2.24, 2.45) is 0 Å². The summed E-state index contributed by atoms with van der Waals surface area (Å²) < 4.78 is 103. The maximum atomic E-state index is 11.9. The number of hydrogen-bond donors (Lipinski definition) is 1. The molecule has 0 spiro atoms. The van der Waals surface area contributed by atoms with Crippen LogP contribution in [0.3, 0.4) is 0 Å². The molecule has 0 aliphatic carbocycles. The van der Waals surface area contributed by atoms with E-state index in [2.05, 4.69) is 11.3 Å². The highest BCUT2D eigenvalue weighted by atomic mass is 32.2. The first kappa shape index (κ1) is 24.9. The van der Waals surface area contributed by atoms with Gasteiger partial charge in [-0.05, 0) is 13.3 Å². The van der Waals surface area contributed by atoms with Gasteiger partial charge in [-0.3, -0.25) is 4.55 Å². The molecule has 0 aromatic heterocycles. The first-order valence-electron chi connectivity index (χ1n) is 6.21. The first-order valence-corrected chi connectivity index (χ1v) is 7.82. The van der Waals surface area contributed by atoms with E-state index in [4.69, 9.17) is 4.55 Å². The topological polar surface area (TPSA) is 83.9 Å². The summed E-state index contributed by atoms with van der Waals surface area (Å²) in [6.07, 6.45) is -10.7. The average molecular weight is 389 g/mol. The first-order chi connectivity index (χ1) is 10.5. The van der Waals surface area contributed by atoms with E-state index in [9.17, 15) is 39.6 Å². The highest BCUT2D eigenvalue weighted by Gasteiger charge is 2.53. The second-order valence-corrected chi connectivity index (χ2v) is 5.86. The number of rotatable bonds is 6. The number of hydrogen-bond acceptors (Lipinski definition) is 5. The Kier molecular flexibility index (Phi) is 10.2. The predicted molar refractivity (Wildman–Crippen MR) is 71.3 cm³/mol. The third kappa shape index (κ3) is 13.1. The Balaban J connectivity index is 0. The second-order valence-electron chi connectivity index (χ2n) is 4.29. The van der Waals surface area contributed by atoms with E-state index >= 15 is 0 Å². The van der Waals surface area contributed by atoms with Crippen LogP contribution in [-0.2, 0) is 19.6 Å². The van der Waals surface area contributed by atoms with E-state index in [0.29, 0.717) is 6.42 Å². The fourth-order valence-electron chi connectivity index (χ4n) is 1.01. The number of ether oxygens (including phenoxy) is 1. The van der Waals surface area contributed by atoms with Crippen molar-refractivity contribution in [3.05, 3.63) is 12.2 Å². The minimum absolute atomic E-state index is 0.115. The van der Waals surface area contributed by atoms with Gasteiger partial charge >= 0.3 is 18.6 Å². The molecule has 0 aliphatic rings. The summed E-state index contributed by atoms with van der Waals surface area (Å²) in [5, 5.41) is 0. The summed E-state index contributed by atoms with van der Waals surface area (Å²) >= 11 is 0. The minimum Gasteiger partial charge on any atom is -0.461 e. The Morgan fingerprint density at radius 3 is 1.79 bits per heavy atom. The maximum Gasteiger partial charge on any atom is 0.467 e. The molecule has 0 aromatic carbocycles. The Hall–Kier alpha value is -1.34. The number of esters is 1. The lowest BCUT2D eigenvalue weighted by atomic mass is 10.4. The third-order valence-electron chi connectivity index (χ3n) is 1.97. The van der Waals surface area contributed by atoms with Crippen LogP contribution in [0.1, 0.15) is 20.3 Å². The van der Waals surface area contributed by atoms with Crippen molar-refractivity contribution in [2.45, 2.75) is 32.9 Å². The molecule has 0 radical (unpaired) electrons. The molecule has 0 aliphatic heterocycles. The van der Waals surface area contributed by atoms with Crippen molar-refractivity contribution in [1.82, 2.24) is 4.90 Å². The number of alkyl halides is 6. The lowest BCUT2D eigenvalue weighted by Crippen LogP contribution is -2.49. The van der Waals surface area contributed by atoms with Crippen LogP contribution >= 0.6 is 0 Å². The highest BCUT2D eigenvalue weighted by Crippen LogP contribution is 2.32. The summed E-state index contributed by atoms with van der Waals surface area (Å²) in [5.41, 5.74) is -0.115. The van der Waals surface area contributed by atoms with Crippen LogP contribution in [0.4, 0.5) is 26.3 Å². The van der Waals surface area contributed by atoms with Crippen molar-refractivity contribution < 1.29 is 48.8 Å². The monoisotopic (exact) mass is 389 g/mol. The fourth-order valence-corrected chi connectivity index (χ4v) is 1.52. The number of nitrogens with zero attached hydrogens (tertiary/aromatic N) is 1. The zero-order valence-electron chi connectivity index (χ0n) is 12.7. The van der Waals surface area contributed by atoms with E-state index in [1.807, 2.05) is 0 Å². The molecule has 0 bridgehead atoms. The van der Waals surface area contributed by atoms with Crippen molar-refractivity contribution >= 4 is 16.1 Å². The Morgan fingerprint density at radius 1 is 1.17 bits per heavy atom. The van der Waals surface area contributed by atoms with Crippen molar-refractivity contribution in [3.8, 4) is 0 Å². The summed E-state index contributed by atoms with van der Waals surface area (Å²) in [5.74, 6) is -1.18. The molecule has 0 unspecified atom stereocenters. The molecule has 144 valence electrons. The van der Waals surface area contributed by atoms with Crippen molar-refractivity contribution in [2.75, 3.05) is 18.9 Å². The van der Waals surface area contributed by atoms with Gasteiger partial charge in [0.1, 0.15) is 6.61 Å². The third-order valence-corrected chi connectivity index (χ3v) is 2.89. The quantitative estimate of drug-likeness (QED) is 0.247. The van der Waals surface area contributed by atoms with Gasteiger partial charge in [-0.15, -0.1) is 4.90 Å². The molecule has 0 saturated carbocycles. The van der Waals surface area contributed by atoms with Crippen LogP contribution in [-0.4, -0.2) is 55.3 Å². The zero-order chi connectivity index (χ0) is 19.8. The molecular weight excluding hydrogens is 372 g/mol. The maximum absolute atomic E-state index is 11.9. The van der Waals surface area contributed by atoms with E-state index in [1.54, 1.807) is 6.92 Å². The SMILES string of the molecule is C=C(C)C(=O)OCCN(C(F)(F)F)C(F)(F)F.CCCS(=O)(=O)O. The van der Waals surface area contributed by atoms with Crippen LogP contribution in [0.15, 0.2) is 12.2 Å². The number of halogens is 6. The van der Waals surface area contributed by atoms with Gasteiger partial charge in [-0.25, -0.2) is 4.79 Å². The van der Waals surface area contributed by atoms with Crippen molar-refractivity contribution in [3.63, 3.8) is 0 Å². The minimum atomic E-state index is -5.58. The molecule has 0 fully saturated rings. The lowest BCUT2D eigenvalue weighted by molar-refractivity contribution is -0.373. The standard InChI is InChI=1S/C8H9F6NO2.C3H8O3S/c1-5(2)6(16)17-4-3-15(7(9,10)11)8(12,13)14;1-2-3-7(4,5)6/h1,3-4H2,2H3;2-3H2,1H3,(H,4,5,6). The predicted octanol–water partition coefficient (Wildman–Crippen LogP) is 2.73. The van der Waals surface area contributed by atoms with Gasteiger partial charge in [0.2, 0.25) is 0 Å². The molecular formula is C11H17F6NO5S. The van der Waals surface area contributed by atoms with Gasteiger partial charge in [-0.2, -0.15) is 34.8 Å². The molecule has 0 saturated heterocycles. The molecule has 6 nitrogen and oxygen atoms in total. The van der Waals surface area contributed by atoms with E-state index in [1.165, 1.54) is 6.92 Å². The van der Waals surface area contributed by atoms with Gasteiger partial charge in [0, 0.05) is 12.1 Å². The molecule has 1 N–H and O–H groups in total. The zero-order valence-corrected chi connectivity index (χ0v) is 13.6. The summed E-state index contributed by atoms with van der Waals surface area (Å²) in [6.45, 7) is 3.46. The summed E-state index contributed by atoms with van der Waals surface area (Å²) in [6, 6.07) is 0. The van der Waals surface area contributed by atoms with Crippen LogP contribution in [0.25, 0.3) is 0 Å². The van der Waals surface area contributed by atoms with Gasteiger partial charge in [0.05, 0.1) is 5.75 Å². The summed E-state index contributed by atoms with van der Waals surface area (Å²) in [4.78, 5) is 9.05. The number of carbonyl (C=O) groups is 1. The average Bonchev–Trinajstić information content (AvgIpc) is 2.30. The van der Waals surface area contributed by atoms with Crippen LogP contribution in [0.5, 0.6) is 0 Å². The molecule has 0 atom stereocenters. The Morgan fingerprint density at radius 2 is 1.58 bits per heavy atom. The molecule has 0 heterocycles. The molecule has 0 aromatic rings. The molecule has 0 amide bonds. The smallest absolute Gasteiger partial charge is 0.461 e.